The van der Waals surface area contributed by atoms with Crippen LogP contribution in [0.4, 0.5) is 5.69 Å². The number of nitrogens with zero attached hydrogens (tertiary/aromatic N) is 4. The highest BCUT2D eigenvalue weighted by Gasteiger charge is 2.26. The minimum atomic E-state index is 0. The van der Waals surface area contributed by atoms with Gasteiger partial charge in [-0.1, -0.05) is 19.1 Å². The Labute approximate surface area is 196 Å². The van der Waals surface area contributed by atoms with Crippen molar-refractivity contribution in [3.05, 3.63) is 47.8 Å². The highest BCUT2D eigenvalue weighted by Crippen LogP contribution is 2.26. The zero-order valence-corrected chi connectivity index (χ0v) is 20.4. The van der Waals surface area contributed by atoms with Crippen LogP contribution in [0.2, 0.25) is 0 Å². The molecule has 2 heterocycles. The zero-order chi connectivity index (χ0) is 20.6. The van der Waals surface area contributed by atoms with Gasteiger partial charge in [-0.25, -0.2) is 4.99 Å². The molecule has 0 aliphatic carbocycles. The number of carbonyl (C=O) groups excluding carboxylic acids is 1. The van der Waals surface area contributed by atoms with Crippen LogP contribution >= 0.6 is 24.0 Å². The van der Waals surface area contributed by atoms with Crippen LogP contribution in [0.5, 0.6) is 0 Å². The largest absolute Gasteiger partial charge is 0.357 e. The van der Waals surface area contributed by atoms with E-state index < -0.39 is 0 Å². The first-order chi connectivity index (χ1) is 14.1. The number of hydrogen-bond donors (Lipinski definition) is 2. The van der Waals surface area contributed by atoms with Crippen LogP contribution in [0.25, 0.3) is 0 Å². The summed E-state index contributed by atoms with van der Waals surface area (Å²) in [5.74, 6) is 1.49. The number of rotatable bonds is 7. The van der Waals surface area contributed by atoms with E-state index in [1.165, 1.54) is 5.56 Å². The summed E-state index contributed by atoms with van der Waals surface area (Å²) < 4.78 is 1.86. The summed E-state index contributed by atoms with van der Waals surface area (Å²) in [7, 11) is 1.96. The maximum absolute atomic E-state index is 11.8. The van der Waals surface area contributed by atoms with Gasteiger partial charge in [-0.15, -0.1) is 24.0 Å². The third-order valence-electron chi connectivity index (χ3n) is 5.12. The summed E-state index contributed by atoms with van der Waals surface area (Å²) >= 11 is 0. The minimum Gasteiger partial charge on any atom is -0.357 e. The molecule has 7 nitrogen and oxygen atoms in total. The molecule has 1 aromatic heterocycles. The maximum atomic E-state index is 11.8. The first kappa shape index (κ1) is 24.2. The average Bonchev–Trinajstić information content (AvgIpc) is 3.35. The Morgan fingerprint density at radius 3 is 2.87 bits per heavy atom. The Balaban J connectivity index is 0.00000320. The Morgan fingerprint density at radius 2 is 2.17 bits per heavy atom. The normalized spacial score (nSPS) is 16.3. The van der Waals surface area contributed by atoms with Crippen molar-refractivity contribution < 1.29 is 4.79 Å². The van der Waals surface area contributed by atoms with Crippen LogP contribution in [0.15, 0.2) is 41.7 Å². The molecule has 1 aromatic carbocycles. The number of aryl methyl sites for hydroxylation is 1. The molecule has 164 valence electrons. The van der Waals surface area contributed by atoms with E-state index in [0.717, 1.165) is 49.7 Å². The highest BCUT2D eigenvalue weighted by molar-refractivity contribution is 14.0. The number of anilines is 1. The van der Waals surface area contributed by atoms with Crippen molar-refractivity contribution in [1.82, 2.24) is 20.0 Å². The second kappa shape index (κ2) is 11.9. The molecule has 1 atom stereocenters. The summed E-state index contributed by atoms with van der Waals surface area (Å²) in [6.45, 7) is 7.44. The van der Waals surface area contributed by atoms with Gasteiger partial charge in [0.1, 0.15) is 0 Å². The van der Waals surface area contributed by atoms with E-state index in [0.29, 0.717) is 18.9 Å². The molecule has 1 aliphatic rings. The summed E-state index contributed by atoms with van der Waals surface area (Å²) in [4.78, 5) is 19.0. The van der Waals surface area contributed by atoms with Crippen molar-refractivity contribution in [2.24, 2.45) is 12.0 Å². The molecule has 3 rings (SSSR count). The van der Waals surface area contributed by atoms with Crippen molar-refractivity contribution in [2.75, 3.05) is 25.0 Å². The van der Waals surface area contributed by atoms with E-state index in [1.54, 1.807) is 0 Å². The van der Waals surface area contributed by atoms with Crippen LogP contribution in [0.1, 0.15) is 50.2 Å². The predicted molar refractivity (Wildman–Crippen MR) is 132 cm³/mol. The number of aromatic nitrogens is 2. The van der Waals surface area contributed by atoms with Crippen molar-refractivity contribution in [3.63, 3.8) is 0 Å². The van der Waals surface area contributed by atoms with Crippen LogP contribution < -0.4 is 10.6 Å². The summed E-state index contributed by atoms with van der Waals surface area (Å²) in [5.41, 5.74) is 3.21. The number of hydrogen-bond acceptors (Lipinski definition) is 3. The fraction of sp³-hybridized carbons (Fsp3) is 0.500. The van der Waals surface area contributed by atoms with E-state index in [2.05, 4.69) is 33.8 Å². The topological polar surface area (TPSA) is 74.6 Å². The molecule has 1 fully saturated rings. The van der Waals surface area contributed by atoms with Gasteiger partial charge in [0, 0.05) is 50.9 Å². The van der Waals surface area contributed by atoms with Crippen molar-refractivity contribution in [3.8, 4) is 0 Å². The molecule has 1 unspecified atom stereocenters. The fourth-order valence-corrected chi connectivity index (χ4v) is 3.67. The average molecular weight is 524 g/mol. The number of aliphatic imine (C=N–C) groups is 1. The van der Waals surface area contributed by atoms with Gasteiger partial charge in [-0.05, 0) is 43.0 Å². The van der Waals surface area contributed by atoms with Crippen LogP contribution in [-0.4, -0.2) is 46.2 Å². The van der Waals surface area contributed by atoms with Crippen LogP contribution in [0, 0.1) is 0 Å². The molecule has 0 radical (unpaired) electrons. The lowest BCUT2D eigenvalue weighted by molar-refractivity contribution is -0.116. The third kappa shape index (κ3) is 6.72. The predicted octanol–water partition coefficient (Wildman–Crippen LogP) is 3.73. The van der Waals surface area contributed by atoms with Crippen LogP contribution in [0.3, 0.4) is 0 Å². The van der Waals surface area contributed by atoms with E-state index in [-0.39, 0.29) is 29.9 Å². The lowest BCUT2D eigenvalue weighted by Gasteiger charge is -2.21. The lowest BCUT2D eigenvalue weighted by atomic mass is 10.0. The first-order valence-corrected chi connectivity index (χ1v) is 10.5. The Bertz CT molecular complexity index is 850. The molecule has 1 saturated heterocycles. The quantitative estimate of drug-likeness (QED) is 0.329. The van der Waals surface area contributed by atoms with Crippen molar-refractivity contribution in [2.45, 2.75) is 45.6 Å². The second-order valence-corrected chi connectivity index (χ2v) is 7.55. The lowest BCUT2D eigenvalue weighted by Crippen LogP contribution is -2.40. The van der Waals surface area contributed by atoms with E-state index in [1.807, 2.05) is 49.1 Å². The standard InChI is InChI=1S/C22H32N6O.HI/c1-4-7-21(29)26-20-9-6-8-17(12-20)13-24-22(23-5-2)28-11-10-18(16-28)19-14-25-27(3)15-19;/h6,8-9,12,14-15,18H,4-5,7,10-11,13,16H2,1-3H3,(H,23,24)(H,26,29);1H. The maximum Gasteiger partial charge on any atom is 0.224 e. The molecule has 0 spiro atoms. The molecule has 0 bridgehead atoms. The summed E-state index contributed by atoms with van der Waals surface area (Å²) in [6.07, 6.45) is 6.57. The molecule has 2 N–H and O–H groups in total. The molecule has 0 saturated carbocycles. The van der Waals surface area contributed by atoms with Gasteiger partial charge < -0.3 is 15.5 Å². The third-order valence-corrected chi connectivity index (χ3v) is 5.12. The first-order valence-electron chi connectivity index (χ1n) is 10.5. The van der Waals surface area contributed by atoms with Gasteiger partial charge in [0.05, 0.1) is 12.7 Å². The Kier molecular flexibility index (Phi) is 9.61. The van der Waals surface area contributed by atoms with Gasteiger partial charge in [-0.3, -0.25) is 9.48 Å². The van der Waals surface area contributed by atoms with Crippen molar-refractivity contribution in [1.29, 1.82) is 0 Å². The number of amides is 1. The number of carbonyl (C=O) groups is 1. The summed E-state index contributed by atoms with van der Waals surface area (Å²) in [6, 6.07) is 7.94. The van der Waals surface area contributed by atoms with Gasteiger partial charge in [0.2, 0.25) is 5.91 Å². The molecule has 1 amide bonds. The molecule has 1 aliphatic heterocycles. The van der Waals surface area contributed by atoms with Gasteiger partial charge in [-0.2, -0.15) is 5.10 Å². The fourth-order valence-electron chi connectivity index (χ4n) is 3.67. The zero-order valence-electron chi connectivity index (χ0n) is 18.1. The number of nitrogens with one attached hydrogen (secondary N) is 2. The van der Waals surface area contributed by atoms with Gasteiger partial charge in [0.25, 0.3) is 0 Å². The van der Waals surface area contributed by atoms with Gasteiger partial charge >= 0.3 is 0 Å². The molecule has 8 heteroatoms. The summed E-state index contributed by atoms with van der Waals surface area (Å²) in [5, 5.41) is 10.7. The highest BCUT2D eigenvalue weighted by atomic mass is 127. The number of halogens is 1. The SMILES string of the molecule is CCCC(=O)Nc1cccc(CN=C(NCC)N2CCC(c3cnn(C)c3)C2)c1.I. The number of benzene rings is 1. The van der Waals surface area contributed by atoms with E-state index in [4.69, 9.17) is 4.99 Å². The molecule has 30 heavy (non-hydrogen) atoms. The number of guanidine groups is 1. The van der Waals surface area contributed by atoms with Gasteiger partial charge in [0.15, 0.2) is 5.96 Å². The second-order valence-electron chi connectivity index (χ2n) is 7.55. The van der Waals surface area contributed by atoms with E-state index in [9.17, 15) is 4.79 Å². The Morgan fingerprint density at radius 1 is 1.33 bits per heavy atom. The smallest absolute Gasteiger partial charge is 0.224 e. The molecular weight excluding hydrogens is 491 g/mol. The van der Waals surface area contributed by atoms with Crippen LogP contribution in [-0.2, 0) is 18.4 Å². The van der Waals surface area contributed by atoms with E-state index >= 15 is 0 Å². The van der Waals surface area contributed by atoms with Crippen molar-refractivity contribution >= 4 is 41.5 Å². The molecular formula is C22H33IN6O. The number of likely N-dealkylation sites (tertiary alicyclic amines) is 1. The monoisotopic (exact) mass is 524 g/mol. The Hall–Kier alpha value is -2.10. The molecule has 2 aromatic rings. The minimum absolute atomic E-state index is 0.